The number of amides is 1. The van der Waals surface area contributed by atoms with Gasteiger partial charge in [-0.2, -0.15) is 0 Å². The number of methoxy groups -OCH3 is 2. The predicted octanol–water partition coefficient (Wildman–Crippen LogP) is 3.29. The minimum atomic E-state index is -0.995. The second kappa shape index (κ2) is 12.9. The third-order valence-corrected chi connectivity index (χ3v) is 6.58. The number of rotatable bonds is 10. The molecule has 1 atom stereocenters. The Morgan fingerprint density at radius 3 is 2.17 bits per heavy atom. The van der Waals surface area contributed by atoms with Crippen molar-refractivity contribution in [3.05, 3.63) is 122 Å². The topological polar surface area (TPSA) is 109 Å². The summed E-state index contributed by atoms with van der Waals surface area (Å²) in [6, 6.07) is 23.3. The molecule has 0 radical (unpaired) electrons. The lowest BCUT2D eigenvalue weighted by molar-refractivity contribution is -0.145. The van der Waals surface area contributed by atoms with Gasteiger partial charge in [0.25, 0.3) is 5.56 Å². The first-order valence-corrected chi connectivity index (χ1v) is 12.8. The fourth-order valence-electron chi connectivity index (χ4n) is 4.26. The molecule has 9 nitrogen and oxygen atoms in total. The molecule has 0 saturated carbocycles. The third kappa shape index (κ3) is 6.86. The quantitative estimate of drug-likeness (QED) is 0.298. The standard InChI is InChI=1S/C30H28ClN3O6/c1-39-24-14-8-21(9-15-24)18-33-26(22-10-12-23(31)13-11-22)17-28(36)34(30(33)38)19-27(35)32-25(29(37)40-2)16-20-6-4-3-5-7-20/h3-15,17,25H,16,18-19H2,1-2H3,(H,32,35). The first kappa shape index (κ1) is 28.4. The van der Waals surface area contributed by atoms with Gasteiger partial charge in [-0.3, -0.25) is 18.7 Å². The van der Waals surface area contributed by atoms with Crippen molar-refractivity contribution >= 4 is 23.5 Å². The zero-order chi connectivity index (χ0) is 28.6. The summed E-state index contributed by atoms with van der Waals surface area (Å²) in [7, 11) is 2.79. The van der Waals surface area contributed by atoms with Crippen LogP contribution in [0.5, 0.6) is 5.75 Å². The number of aromatic nitrogens is 2. The van der Waals surface area contributed by atoms with Gasteiger partial charge < -0.3 is 14.8 Å². The molecule has 40 heavy (non-hydrogen) atoms. The van der Waals surface area contributed by atoms with Gasteiger partial charge in [0.1, 0.15) is 18.3 Å². The first-order valence-electron chi connectivity index (χ1n) is 12.4. The van der Waals surface area contributed by atoms with E-state index in [1.165, 1.54) is 17.7 Å². The minimum Gasteiger partial charge on any atom is -0.497 e. The van der Waals surface area contributed by atoms with Crippen LogP contribution >= 0.6 is 11.6 Å². The molecular weight excluding hydrogens is 534 g/mol. The Morgan fingerprint density at radius 1 is 0.875 bits per heavy atom. The summed E-state index contributed by atoms with van der Waals surface area (Å²) in [5.41, 5.74) is 1.23. The SMILES string of the molecule is COC(=O)C(Cc1ccccc1)NC(=O)Cn1c(=O)cc(-c2ccc(Cl)cc2)n(Cc2ccc(OC)cc2)c1=O. The molecule has 3 aromatic carbocycles. The van der Waals surface area contributed by atoms with E-state index in [1.54, 1.807) is 43.5 Å². The van der Waals surface area contributed by atoms with Gasteiger partial charge in [-0.25, -0.2) is 9.59 Å². The van der Waals surface area contributed by atoms with Gasteiger partial charge in [0.2, 0.25) is 5.91 Å². The molecule has 1 unspecified atom stereocenters. The Kier molecular flexibility index (Phi) is 9.19. The molecule has 0 aliphatic rings. The molecule has 1 amide bonds. The molecule has 1 aromatic heterocycles. The van der Waals surface area contributed by atoms with Gasteiger partial charge in [-0.15, -0.1) is 0 Å². The van der Waals surface area contributed by atoms with E-state index in [1.807, 2.05) is 42.5 Å². The van der Waals surface area contributed by atoms with Crippen LogP contribution in [0.25, 0.3) is 11.3 Å². The summed E-state index contributed by atoms with van der Waals surface area (Å²) in [5, 5.41) is 3.11. The molecule has 0 spiro atoms. The van der Waals surface area contributed by atoms with Gasteiger partial charge in [-0.1, -0.05) is 66.2 Å². The van der Waals surface area contributed by atoms with Crippen LogP contribution in [-0.4, -0.2) is 41.3 Å². The first-order chi connectivity index (χ1) is 19.3. The van der Waals surface area contributed by atoms with Crippen molar-refractivity contribution < 1.29 is 19.1 Å². The van der Waals surface area contributed by atoms with Crippen LogP contribution in [0, 0.1) is 0 Å². The van der Waals surface area contributed by atoms with Crippen molar-refractivity contribution in [3.63, 3.8) is 0 Å². The van der Waals surface area contributed by atoms with Crippen LogP contribution < -0.4 is 21.3 Å². The number of benzene rings is 3. The van der Waals surface area contributed by atoms with Crippen molar-refractivity contribution in [1.82, 2.24) is 14.5 Å². The monoisotopic (exact) mass is 561 g/mol. The zero-order valence-electron chi connectivity index (χ0n) is 22.0. The summed E-state index contributed by atoms with van der Waals surface area (Å²) < 4.78 is 12.3. The van der Waals surface area contributed by atoms with Crippen molar-refractivity contribution in [3.8, 4) is 17.0 Å². The molecule has 1 heterocycles. The number of halogens is 1. The van der Waals surface area contributed by atoms with Crippen molar-refractivity contribution in [2.75, 3.05) is 14.2 Å². The van der Waals surface area contributed by atoms with Crippen LogP contribution in [0.2, 0.25) is 5.02 Å². The number of nitrogens with zero attached hydrogens (tertiary/aromatic N) is 2. The van der Waals surface area contributed by atoms with Gasteiger partial charge >= 0.3 is 11.7 Å². The predicted molar refractivity (Wildman–Crippen MR) is 152 cm³/mol. The minimum absolute atomic E-state index is 0.126. The highest BCUT2D eigenvalue weighted by molar-refractivity contribution is 6.30. The van der Waals surface area contributed by atoms with E-state index in [0.29, 0.717) is 22.0 Å². The van der Waals surface area contributed by atoms with E-state index in [4.69, 9.17) is 21.1 Å². The molecule has 0 fully saturated rings. The molecular formula is C30H28ClN3O6. The zero-order valence-corrected chi connectivity index (χ0v) is 22.8. The third-order valence-electron chi connectivity index (χ3n) is 6.32. The van der Waals surface area contributed by atoms with Crippen molar-refractivity contribution in [1.29, 1.82) is 0 Å². The Hall–Kier alpha value is -4.63. The fourth-order valence-corrected chi connectivity index (χ4v) is 4.38. The largest absolute Gasteiger partial charge is 0.497 e. The lowest BCUT2D eigenvalue weighted by atomic mass is 10.1. The van der Waals surface area contributed by atoms with Gasteiger partial charge in [0, 0.05) is 17.5 Å². The Labute approximate surface area is 235 Å². The summed E-state index contributed by atoms with van der Waals surface area (Å²) in [6.07, 6.45) is 0.186. The maximum atomic E-state index is 13.7. The average Bonchev–Trinajstić information content (AvgIpc) is 2.97. The Bertz CT molecular complexity index is 1600. The highest BCUT2D eigenvalue weighted by Gasteiger charge is 2.23. The van der Waals surface area contributed by atoms with Crippen molar-refractivity contribution in [2.24, 2.45) is 0 Å². The average molecular weight is 562 g/mol. The van der Waals surface area contributed by atoms with Crippen LogP contribution in [0.3, 0.4) is 0 Å². The fraction of sp³-hybridized carbons (Fsp3) is 0.200. The van der Waals surface area contributed by atoms with E-state index in [9.17, 15) is 19.2 Å². The lowest BCUT2D eigenvalue weighted by Gasteiger charge is -2.18. The number of carbonyl (C=O) groups excluding carboxylic acids is 2. The lowest BCUT2D eigenvalue weighted by Crippen LogP contribution is -2.48. The molecule has 0 saturated heterocycles. The summed E-state index contributed by atoms with van der Waals surface area (Å²) >= 11 is 6.04. The highest BCUT2D eigenvalue weighted by Crippen LogP contribution is 2.21. The van der Waals surface area contributed by atoms with Gasteiger partial charge in [-0.05, 0) is 41.0 Å². The smallest absolute Gasteiger partial charge is 0.332 e. The number of esters is 1. The van der Waals surface area contributed by atoms with E-state index in [0.717, 1.165) is 15.7 Å². The summed E-state index contributed by atoms with van der Waals surface area (Å²) in [5.74, 6) is -0.661. The Morgan fingerprint density at radius 2 is 1.55 bits per heavy atom. The number of carbonyl (C=O) groups is 2. The number of ether oxygens (including phenoxy) is 2. The molecule has 0 aliphatic heterocycles. The molecule has 10 heteroatoms. The maximum absolute atomic E-state index is 13.7. The maximum Gasteiger partial charge on any atom is 0.332 e. The van der Waals surface area contributed by atoms with E-state index >= 15 is 0 Å². The molecule has 0 bridgehead atoms. The second-order valence-electron chi connectivity index (χ2n) is 9.01. The van der Waals surface area contributed by atoms with Crippen LogP contribution in [0.1, 0.15) is 11.1 Å². The second-order valence-corrected chi connectivity index (χ2v) is 9.45. The van der Waals surface area contributed by atoms with Gasteiger partial charge in [0.15, 0.2) is 0 Å². The number of nitrogens with one attached hydrogen (secondary N) is 1. The van der Waals surface area contributed by atoms with E-state index < -0.39 is 35.7 Å². The number of hydrogen-bond acceptors (Lipinski definition) is 6. The van der Waals surface area contributed by atoms with E-state index in [2.05, 4.69) is 5.32 Å². The summed E-state index contributed by atoms with van der Waals surface area (Å²) in [6.45, 7) is -0.453. The van der Waals surface area contributed by atoms with Gasteiger partial charge in [0.05, 0.1) is 26.5 Å². The molecule has 4 rings (SSSR count). The molecule has 0 aliphatic carbocycles. The molecule has 1 N–H and O–H groups in total. The number of hydrogen-bond donors (Lipinski definition) is 1. The molecule has 4 aromatic rings. The van der Waals surface area contributed by atoms with Crippen LogP contribution in [-0.2, 0) is 33.8 Å². The van der Waals surface area contributed by atoms with E-state index in [-0.39, 0.29) is 13.0 Å². The van der Waals surface area contributed by atoms with Crippen molar-refractivity contribution in [2.45, 2.75) is 25.6 Å². The summed E-state index contributed by atoms with van der Waals surface area (Å²) in [4.78, 5) is 52.2. The Balaban J connectivity index is 1.67. The molecule has 206 valence electrons. The normalized spacial score (nSPS) is 11.5. The van der Waals surface area contributed by atoms with Crippen LogP contribution in [0.4, 0.5) is 0 Å². The van der Waals surface area contributed by atoms with Crippen LogP contribution in [0.15, 0.2) is 94.5 Å². The highest BCUT2D eigenvalue weighted by atomic mass is 35.5.